The summed E-state index contributed by atoms with van der Waals surface area (Å²) >= 11 is 0. The lowest BCUT2D eigenvalue weighted by Gasteiger charge is -2.44. The fourth-order valence-electron chi connectivity index (χ4n) is 4.57. The largest absolute Gasteiger partial charge is 0.337 e. The van der Waals surface area contributed by atoms with Gasteiger partial charge in [0, 0.05) is 19.6 Å². The molecule has 0 radical (unpaired) electrons. The maximum atomic E-state index is 13.6. The van der Waals surface area contributed by atoms with E-state index < -0.39 is 5.54 Å². The molecule has 136 valence electrons. The molecule has 1 atom stereocenters. The standard InChI is InChI=1S/C22H25FN2O/c23-20-10-4-9-19(15-20)17-25-14-6-12-22(25)11-5-13-24(21(22)26)16-18-7-2-1-3-8-18/h1-4,7-10,15H,5-6,11-14,16-17H2. The summed E-state index contributed by atoms with van der Waals surface area (Å²) in [6.07, 6.45) is 3.87. The molecule has 4 heteroatoms. The number of hydrogen-bond acceptors (Lipinski definition) is 2. The number of carbonyl (C=O) groups excluding carboxylic acids is 1. The number of likely N-dealkylation sites (tertiary alicyclic amines) is 2. The van der Waals surface area contributed by atoms with E-state index in [2.05, 4.69) is 17.0 Å². The number of hydrogen-bond donors (Lipinski definition) is 0. The average Bonchev–Trinajstić information content (AvgIpc) is 3.03. The van der Waals surface area contributed by atoms with Crippen LogP contribution < -0.4 is 0 Å². The van der Waals surface area contributed by atoms with Crippen molar-refractivity contribution >= 4 is 5.91 Å². The molecular weight excluding hydrogens is 327 g/mol. The number of amides is 1. The Hall–Kier alpha value is -2.20. The molecule has 2 fully saturated rings. The second-order valence-corrected chi connectivity index (χ2v) is 7.50. The molecule has 2 aliphatic heterocycles. The van der Waals surface area contributed by atoms with E-state index in [1.807, 2.05) is 29.2 Å². The molecule has 1 spiro atoms. The Morgan fingerprint density at radius 3 is 2.38 bits per heavy atom. The summed E-state index contributed by atoms with van der Waals surface area (Å²) < 4.78 is 13.6. The predicted molar refractivity (Wildman–Crippen MR) is 99.9 cm³/mol. The first-order valence-corrected chi connectivity index (χ1v) is 9.50. The molecule has 26 heavy (non-hydrogen) atoms. The quantitative estimate of drug-likeness (QED) is 0.831. The molecule has 2 heterocycles. The zero-order valence-corrected chi connectivity index (χ0v) is 15.0. The maximum absolute atomic E-state index is 13.6. The molecule has 3 nitrogen and oxygen atoms in total. The molecule has 0 aromatic heterocycles. The summed E-state index contributed by atoms with van der Waals surface area (Å²) in [5, 5.41) is 0. The molecule has 2 aliphatic rings. The zero-order chi connectivity index (χ0) is 18.0. The highest BCUT2D eigenvalue weighted by Crippen LogP contribution is 2.39. The van der Waals surface area contributed by atoms with E-state index in [1.165, 1.54) is 11.6 Å². The van der Waals surface area contributed by atoms with Crippen LogP contribution in [0.3, 0.4) is 0 Å². The fourth-order valence-corrected chi connectivity index (χ4v) is 4.57. The third-order valence-corrected chi connectivity index (χ3v) is 5.81. The van der Waals surface area contributed by atoms with Gasteiger partial charge >= 0.3 is 0 Å². The molecule has 0 bridgehead atoms. The van der Waals surface area contributed by atoms with Crippen LogP contribution in [0.5, 0.6) is 0 Å². The molecule has 0 saturated carbocycles. The van der Waals surface area contributed by atoms with Gasteiger partial charge in [0.2, 0.25) is 5.91 Å². The van der Waals surface area contributed by atoms with Crippen molar-refractivity contribution < 1.29 is 9.18 Å². The fraction of sp³-hybridized carbons (Fsp3) is 0.409. The van der Waals surface area contributed by atoms with Crippen LogP contribution in [0.25, 0.3) is 0 Å². The Balaban J connectivity index is 1.54. The first-order chi connectivity index (χ1) is 12.7. The Kier molecular flexibility index (Phi) is 4.77. The molecular formula is C22H25FN2O. The molecule has 4 rings (SSSR count). The summed E-state index contributed by atoms with van der Waals surface area (Å²) in [5.74, 6) is 0.0397. The normalized spacial score (nSPS) is 23.7. The Morgan fingerprint density at radius 1 is 0.885 bits per heavy atom. The molecule has 2 aromatic rings. The smallest absolute Gasteiger partial charge is 0.243 e. The van der Waals surface area contributed by atoms with Gasteiger partial charge in [0.15, 0.2) is 0 Å². The molecule has 1 unspecified atom stereocenters. The van der Waals surface area contributed by atoms with Gasteiger partial charge < -0.3 is 4.90 Å². The van der Waals surface area contributed by atoms with Crippen molar-refractivity contribution in [2.75, 3.05) is 13.1 Å². The highest BCUT2D eigenvalue weighted by atomic mass is 19.1. The van der Waals surface area contributed by atoms with E-state index in [0.717, 1.165) is 44.3 Å². The van der Waals surface area contributed by atoms with Gasteiger partial charge in [-0.25, -0.2) is 4.39 Å². The lowest BCUT2D eigenvalue weighted by molar-refractivity contribution is -0.148. The molecule has 0 N–H and O–H groups in total. The number of carbonyl (C=O) groups is 1. The van der Waals surface area contributed by atoms with Gasteiger partial charge in [0.05, 0.1) is 0 Å². The minimum absolute atomic E-state index is 0.212. The third kappa shape index (κ3) is 3.26. The monoisotopic (exact) mass is 352 g/mol. The first-order valence-electron chi connectivity index (χ1n) is 9.50. The van der Waals surface area contributed by atoms with Crippen molar-refractivity contribution in [2.24, 2.45) is 0 Å². The van der Waals surface area contributed by atoms with Gasteiger partial charge in [-0.15, -0.1) is 0 Å². The van der Waals surface area contributed by atoms with E-state index in [-0.39, 0.29) is 11.7 Å². The van der Waals surface area contributed by atoms with Crippen LogP contribution in [-0.4, -0.2) is 34.3 Å². The van der Waals surface area contributed by atoms with Gasteiger partial charge in [0.25, 0.3) is 0 Å². The second kappa shape index (κ2) is 7.20. The van der Waals surface area contributed by atoms with Crippen LogP contribution >= 0.6 is 0 Å². The van der Waals surface area contributed by atoms with Gasteiger partial charge in [-0.05, 0) is 55.5 Å². The van der Waals surface area contributed by atoms with Gasteiger partial charge in [-0.3, -0.25) is 9.69 Å². The van der Waals surface area contributed by atoms with Crippen LogP contribution in [0.1, 0.15) is 36.8 Å². The van der Waals surface area contributed by atoms with E-state index in [4.69, 9.17) is 0 Å². The molecule has 1 amide bonds. The van der Waals surface area contributed by atoms with E-state index in [1.54, 1.807) is 12.1 Å². The number of halogens is 1. The van der Waals surface area contributed by atoms with Gasteiger partial charge in [0.1, 0.15) is 11.4 Å². The average molecular weight is 352 g/mol. The highest BCUT2D eigenvalue weighted by molar-refractivity contribution is 5.87. The lowest BCUT2D eigenvalue weighted by Crippen LogP contribution is -2.59. The highest BCUT2D eigenvalue weighted by Gasteiger charge is 2.50. The van der Waals surface area contributed by atoms with Gasteiger partial charge in [-0.2, -0.15) is 0 Å². The minimum Gasteiger partial charge on any atom is -0.337 e. The van der Waals surface area contributed by atoms with Crippen LogP contribution in [0.15, 0.2) is 54.6 Å². The number of benzene rings is 2. The van der Waals surface area contributed by atoms with Crippen molar-refractivity contribution in [3.05, 3.63) is 71.5 Å². The van der Waals surface area contributed by atoms with Crippen LogP contribution in [0, 0.1) is 5.82 Å². The zero-order valence-electron chi connectivity index (χ0n) is 15.0. The summed E-state index contributed by atoms with van der Waals surface area (Å²) in [7, 11) is 0. The summed E-state index contributed by atoms with van der Waals surface area (Å²) in [5.41, 5.74) is 1.71. The van der Waals surface area contributed by atoms with Crippen molar-refractivity contribution in [2.45, 2.75) is 44.3 Å². The Labute approximate surface area is 154 Å². The van der Waals surface area contributed by atoms with E-state index in [9.17, 15) is 9.18 Å². The lowest BCUT2D eigenvalue weighted by atomic mass is 9.85. The Bertz CT molecular complexity index is 779. The maximum Gasteiger partial charge on any atom is 0.243 e. The topological polar surface area (TPSA) is 23.6 Å². The van der Waals surface area contributed by atoms with Crippen molar-refractivity contribution in [1.29, 1.82) is 0 Å². The summed E-state index contributed by atoms with van der Waals surface area (Å²) in [6, 6.07) is 16.9. The predicted octanol–water partition coefficient (Wildman–Crippen LogP) is 3.98. The molecule has 2 aromatic carbocycles. The number of nitrogens with zero attached hydrogens (tertiary/aromatic N) is 2. The van der Waals surface area contributed by atoms with Crippen molar-refractivity contribution in [3.63, 3.8) is 0 Å². The SMILES string of the molecule is O=C1N(Cc2ccccc2)CCCC12CCCN2Cc1cccc(F)c1. The third-order valence-electron chi connectivity index (χ3n) is 5.81. The van der Waals surface area contributed by atoms with Gasteiger partial charge in [-0.1, -0.05) is 42.5 Å². The minimum atomic E-state index is -0.403. The number of rotatable bonds is 4. The summed E-state index contributed by atoms with van der Waals surface area (Å²) in [4.78, 5) is 17.7. The first kappa shape index (κ1) is 17.2. The number of piperidine rings is 1. The second-order valence-electron chi connectivity index (χ2n) is 7.50. The van der Waals surface area contributed by atoms with E-state index >= 15 is 0 Å². The van der Waals surface area contributed by atoms with Crippen LogP contribution in [0.2, 0.25) is 0 Å². The van der Waals surface area contributed by atoms with Crippen LogP contribution in [-0.2, 0) is 17.9 Å². The summed E-state index contributed by atoms with van der Waals surface area (Å²) in [6.45, 7) is 3.04. The molecule has 0 aliphatic carbocycles. The molecule has 2 saturated heterocycles. The van der Waals surface area contributed by atoms with Crippen molar-refractivity contribution in [1.82, 2.24) is 9.80 Å². The van der Waals surface area contributed by atoms with Crippen molar-refractivity contribution in [3.8, 4) is 0 Å². The Morgan fingerprint density at radius 2 is 1.62 bits per heavy atom. The van der Waals surface area contributed by atoms with E-state index in [0.29, 0.717) is 13.1 Å². The van der Waals surface area contributed by atoms with Crippen LogP contribution in [0.4, 0.5) is 4.39 Å².